The van der Waals surface area contributed by atoms with Crippen LogP contribution in [0.25, 0.3) is 6.08 Å². The largest absolute Gasteiger partial charge is 0.329 e. The summed E-state index contributed by atoms with van der Waals surface area (Å²) in [6, 6.07) is 0.995. The Balaban J connectivity index is 2.52. The molecule has 0 fully saturated rings. The van der Waals surface area contributed by atoms with Gasteiger partial charge in [-0.25, -0.2) is 4.98 Å². The molecule has 1 heterocycles. The summed E-state index contributed by atoms with van der Waals surface area (Å²) in [4.78, 5) is 4.15. The van der Waals surface area contributed by atoms with Gasteiger partial charge in [-0.15, -0.1) is 0 Å². The normalized spacial score (nSPS) is 12.1. The third kappa shape index (κ3) is 3.88. The maximum Gasteiger partial charge on any atom is 0.0953 e. The highest BCUT2D eigenvalue weighted by atomic mass is 15.1. The molecule has 0 bridgehead atoms. The molecule has 1 N–H and O–H groups in total. The number of nitrogens with one attached hydrogen (secondary N) is 1. The first-order chi connectivity index (χ1) is 7.11. The van der Waals surface area contributed by atoms with Gasteiger partial charge in [-0.05, 0) is 19.9 Å². The number of hydrogen-bond acceptors (Lipinski definition) is 2. The topological polar surface area (TPSA) is 29.9 Å². The Hall–Kier alpha value is -1.09. The molecule has 1 rings (SSSR count). The molecule has 0 atom stereocenters. The van der Waals surface area contributed by atoms with Gasteiger partial charge in [0.15, 0.2) is 0 Å². The summed E-state index contributed by atoms with van der Waals surface area (Å²) in [7, 11) is 0. The average Bonchev–Trinajstić information content (AvgIpc) is 2.60. The Bertz CT molecular complexity index is 310. The molecule has 0 unspecified atom stereocenters. The Kier molecular flexibility index (Phi) is 4.56. The van der Waals surface area contributed by atoms with E-state index in [0.717, 1.165) is 12.2 Å². The minimum absolute atomic E-state index is 0.463. The van der Waals surface area contributed by atoms with E-state index in [1.807, 2.05) is 12.5 Å². The highest BCUT2D eigenvalue weighted by Crippen LogP contribution is 2.09. The molecule has 15 heavy (non-hydrogen) atoms. The van der Waals surface area contributed by atoms with Crippen LogP contribution in [0.3, 0.4) is 0 Å². The summed E-state index contributed by atoms with van der Waals surface area (Å²) in [5, 5.41) is 3.34. The summed E-state index contributed by atoms with van der Waals surface area (Å²) in [6.07, 6.45) is 8.02. The number of rotatable bonds is 5. The Morgan fingerprint density at radius 1 is 1.40 bits per heavy atom. The van der Waals surface area contributed by atoms with Crippen LogP contribution in [0.5, 0.6) is 0 Å². The third-order valence-corrected chi connectivity index (χ3v) is 2.18. The van der Waals surface area contributed by atoms with E-state index in [1.165, 1.54) is 0 Å². The van der Waals surface area contributed by atoms with Crippen LogP contribution in [-0.2, 0) is 0 Å². The van der Waals surface area contributed by atoms with E-state index in [-0.39, 0.29) is 0 Å². The molecule has 3 nitrogen and oxygen atoms in total. The molecule has 0 amide bonds. The fraction of sp³-hybridized carbons (Fsp3) is 0.583. The van der Waals surface area contributed by atoms with Crippen molar-refractivity contribution in [1.29, 1.82) is 0 Å². The summed E-state index contributed by atoms with van der Waals surface area (Å²) in [5.41, 5.74) is 1.16. The van der Waals surface area contributed by atoms with Crippen LogP contribution in [0, 0.1) is 0 Å². The van der Waals surface area contributed by atoms with Gasteiger partial charge in [0.1, 0.15) is 0 Å². The van der Waals surface area contributed by atoms with Crippen molar-refractivity contribution in [3.63, 3.8) is 0 Å². The molecule has 0 aliphatic heterocycles. The zero-order chi connectivity index (χ0) is 11.3. The van der Waals surface area contributed by atoms with Crippen LogP contribution < -0.4 is 5.32 Å². The lowest BCUT2D eigenvalue weighted by atomic mass is 10.3. The van der Waals surface area contributed by atoms with Gasteiger partial charge in [0.25, 0.3) is 0 Å². The maximum absolute atomic E-state index is 4.15. The number of aromatic nitrogens is 2. The molecule has 3 heteroatoms. The minimum atomic E-state index is 0.463. The van der Waals surface area contributed by atoms with Gasteiger partial charge >= 0.3 is 0 Å². The summed E-state index contributed by atoms with van der Waals surface area (Å²) in [6.45, 7) is 9.51. The highest BCUT2D eigenvalue weighted by molar-refractivity contribution is 5.44. The molecule has 84 valence electrons. The minimum Gasteiger partial charge on any atom is -0.329 e. The van der Waals surface area contributed by atoms with Crippen molar-refractivity contribution >= 4 is 6.08 Å². The first-order valence-electron chi connectivity index (χ1n) is 5.53. The van der Waals surface area contributed by atoms with Crippen molar-refractivity contribution in [2.45, 2.75) is 39.8 Å². The van der Waals surface area contributed by atoms with Crippen molar-refractivity contribution in [2.75, 3.05) is 6.54 Å². The van der Waals surface area contributed by atoms with Crippen LogP contribution in [0.15, 0.2) is 18.6 Å². The zero-order valence-corrected chi connectivity index (χ0v) is 10.1. The van der Waals surface area contributed by atoms with Gasteiger partial charge in [-0.1, -0.05) is 19.9 Å². The predicted octanol–water partition coefficient (Wildman–Crippen LogP) is 2.48. The SMILES string of the molecule is CC(C)NCC=Cc1cncn1C(C)C. The predicted molar refractivity (Wildman–Crippen MR) is 64.8 cm³/mol. The van der Waals surface area contributed by atoms with Crippen LogP contribution in [0.1, 0.15) is 39.4 Å². The molecular weight excluding hydrogens is 186 g/mol. The van der Waals surface area contributed by atoms with Crippen LogP contribution in [0.2, 0.25) is 0 Å². The Morgan fingerprint density at radius 3 is 2.73 bits per heavy atom. The Morgan fingerprint density at radius 2 is 2.13 bits per heavy atom. The second kappa shape index (κ2) is 5.71. The van der Waals surface area contributed by atoms with Gasteiger partial charge in [-0.2, -0.15) is 0 Å². The smallest absolute Gasteiger partial charge is 0.0953 e. The van der Waals surface area contributed by atoms with E-state index >= 15 is 0 Å². The first-order valence-corrected chi connectivity index (χ1v) is 5.53. The molecule has 0 aliphatic carbocycles. The van der Waals surface area contributed by atoms with Gasteiger partial charge in [0.2, 0.25) is 0 Å². The molecular formula is C12H21N3. The molecule has 0 saturated heterocycles. The summed E-state index contributed by atoms with van der Waals surface area (Å²) >= 11 is 0. The molecule has 0 radical (unpaired) electrons. The molecule has 0 saturated carbocycles. The van der Waals surface area contributed by atoms with E-state index < -0.39 is 0 Å². The summed E-state index contributed by atoms with van der Waals surface area (Å²) < 4.78 is 2.16. The fourth-order valence-corrected chi connectivity index (χ4v) is 1.36. The van der Waals surface area contributed by atoms with Crippen molar-refractivity contribution in [3.8, 4) is 0 Å². The lowest BCUT2D eigenvalue weighted by Crippen LogP contribution is -2.22. The van der Waals surface area contributed by atoms with Crippen LogP contribution in [0.4, 0.5) is 0 Å². The lowest BCUT2D eigenvalue weighted by Gasteiger charge is -2.08. The maximum atomic E-state index is 4.15. The number of nitrogens with zero attached hydrogens (tertiary/aromatic N) is 2. The first kappa shape index (κ1) is 12.0. The van der Waals surface area contributed by atoms with Crippen molar-refractivity contribution < 1.29 is 0 Å². The molecule has 0 aromatic carbocycles. The third-order valence-electron chi connectivity index (χ3n) is 2.18. The van der Waals surface area contributed by atoms with E-state index in [1.54, 1.807) is 0 Å². The molecule has 1 aromatic heterocycles. The van der Waals surface area contributed by atoms with Gasteiger partial charge in [0, 0.05) is 18.6 Å². The van der Waals surface area contributed by atoms with Crippen LogP contribution >= 0.6 is 0 Å². The van der Waals surface area contributed by atoms with Crippen molar-refractivity contribution in [1.82, 2.24) is 14.9 Å². The standard InChI is InChI=1S/C12H21N3/c1-10(2)14-7-5-6-12-8-13-9-15(12)11(3)4/h5-6,8-11,14H,7H2,1-4H3. The van der Waals surface area contributed by atoms with Gasteiger partial charge in [0.05, 0.1) is 18.2 Å². The highest BCUT2D eigenvalue weighted by Gasteiger charge is 2.00. The van der Waals surface area contributed by atoms with E-state index in [4.69, 9.17) is 0 Å². The van der Waals surface area contributed by atoms with Crippen molar-refractivity contribution in [2.24, 2.45) is 0 Å². The lowest BCUT2D eigenvalue weighted by molar-refractivity contribution is 0.595. The van der Waals surface area contributed by atoms with E-state index in [9.17, 15) is 0 Å². The van der Waals surface area contributed by atoms with Crippen LogP contribution in [-0.4, -0.2) is 22.1 Å². The van der Waals surface area contributed by atoms with Crippen molar-refractivity contribution in [3.05, 3.63) is 24.3 Å². The van der Waals surface area contributed by atoms with Gasteiger partial charge < -0.3 is 9.88 Å². The van der Waals surface area contributed by atoms with E-state index in [2.05, 4.69) is 54.7 Å². The quantitative estimate of drug-likeness (QED) is 0.804. The number of imidazole rings is 1. The molecule has 0 aliphatic rings. The number of hydrogen-bond donors (Lipinski definition) is 1. The second-order valence-corrected chi connectivity index (χ2v) is 4.28. The average molecular weight is 207 g/mol. The van der Waals surface area contributed by atoms with Gasteiger partial charge in [-0.3, -0.25) is 0 Å². The fourth-order valence-electron chi connectivity index (χ4n) is 1.36. The Labute approximate surface area is 92.2 Å². The zero-order valence-electron chi connectivity index (χ0n) is 10.1. The van der Waals surface area contributed by atoms with E-state index in [0.29, 0.717) is 12.1 Å². The molecule has 0 spiro atoms. The summed E-state index contributed by atoms with van der Waals surface area (Å²) in [5.74, 6) is 0. The molecule has 1 aromatic rings. The monoisotopic (exact) mass is 207 g/mol. The second-order valence-electron chi connectivity index (χ2n) is 4.28.